The molecular weight excluding hydrogens is 242 g/mol. The van der Waals surface area contributed by atoms with Crippen molar-refractivity contribution in [1.29, 1.82) is 0 Å². The van der Waals surface area contributed by atoms with E-state index < -0.39 is 5.38 Å². The van der Waals surface area contributed by atoms with Crippen LogP contribution in [0.3, 0.4) is 0 Å². The maximum Gasteiger partial charge on any atom is 0.240 e. The highest BCUT2D eigenvalue weighted by atomic mass is 35.5. The molecule has 1 aliphatic heterocycles. The third kappa shape index (κ3) is 2.45. The van der Waals surface area contributed by atoms with Crippen LogP contribution in [0, 0.1) is 0 Å². The molecule has 5 nitrogen and oxygen atoms in total. The van der Waals surface area contributed by atoms with Gasteiger partial charge in [-0.25, -0.2) is 0 Å². The van der Waals surface area contributed by atoms with E-state index in [4.69, 9.17) is 16.3 Å². The Morgan fingerprint density at radius 2 is 2.35 bits per heavy atom. The van der Waals surface area contributed by atoms with Crippen molar-refractivity contribution in [3.05, 3.63) is 18.5 Å². The smallest absolute Gasteiger partial charge is 0.240 e. The van der Waals surface area contributed by atoms with Gasteiger partial charge in [-0.15, -0.1) is 11.6 Å². The summed E-state index contributed by atoms with van der Waals surface area (Å²) in [4.78, 5) is 13.6. The molecule has 1 aromatic rings. The molecule has 0 saturated carbocycles. The molecule has 0 aromatic carbocycles. The molecule has 17 heavy (non-hydrogen) atoms. The lowest BCUT2D eigenvalue weighted by molar-refractivity contribution is -0.129. The van der Waals surface area contributed by atoms with Crippen LogP contribution in [0.4, 0.5) is 0 Å². The summed E-state index contributed by atoms with van der Waals surface area (Å²) in [5, 5.41) is 3.70. The monoisotopic (exact) mass is 257 g/mol. The summed E-state index contributed by atoms with van der Waals surface area (Å²) < 4.78 is 7.24. The first kappa shape index (κ1) is 12.4. The molecule has 0 aliphatic carbocycles. The molecule has 0 radical (unpaired) electrons. The van der Waals surface area contributed by atoms with Crippen molar-refractivity contribution in [3.8, 4) is 0 Å². The quantitative estimate of drug-likeness (QED) is 0.757. The largest absolute Gasteiger partial charge is 0.377 e. The van der Waals surface area contributed by atoms with Crippen LogP contribution in [-0.2, 0) is 9.53 Å². The highest BCUT2D eigenvalue weighted by molar-refractivity contribution is 6.30. The fourth-order valence-electron chi connectivity index (χ4n) is 2.15. The average molecular weight is 258 g/mol. The Morgan fingerprint density at radius 1 is 1.59 bits per heavy atom. The van der Waals surface area contributed by atoms with E-state index in [2.05, 4.69) is 5.10 Å². The van der Waals surface area contributed by atoms with Gasteiger partial charge in [0.2, 0.25) is 5.91 Å². The summed E-state index contributed by atoms with van der Waals surface area (Å²) in [6.45, 7) is 2.85. The van der Waals surface area contributed by atoms with Gasteiger partial charge in [0.25, 0.3) is 0 Å². The maximum atomic E-state index is 11.8. The van der Waals surface area contributed by atoms with Crippen LogP contribution in [0.25, 0.3) is 0 Å². The zero-order valence-electron chi connectivity index (χ0n) is 9.91. The minimum absolute atomic E-state index is 0.0331. The van der Waals surface area contributed by atoms with Crippen molar-refractivity contribution in [1.82, 2.24) is 14.7 Å². The second-order valence-corrected chi connectivity index (χ2v) is 4.84. The zero-order chi connectivity index (χ0) is 12.4. The topological polar surface area (TPSA) is 47.4 Å². The van der Waals surface area contributed by atoms with Gasteiger partial charge < -0.3 is 9.64 Å². The fraction of sp³-hybridized carbons (Fsp3) is 0.636. The van der Waals surface area contributed by atoms with Crippen molar-refractivity contribution in [2.24, 2.45) is 0 Å². The fourth-order valence-corrected chi connectivity index (χ4v) is 2.29. The predicted molar refractivity (Wildman–Crippen MR) is 64.0 cm³/mol. The predicted octanol–water partition coefficient (Wildman–Crippen LogP) is 0.909. The summed E-state index contributed by atoms with van der Waals surface area (Å²) in [6.07, 6.45) is 3.57. The van der Waals surface area contributed by atoms with Crippen LogP contribution in [0.15, 0.2) is 18.5 Å². The minimum Gasteiger partial charge on any atom is -0.377 e. The van der Waals surface area contributed by atoms with Crippen molar-refractivity contribution in [3.63, 3.8) is 0 Å². The number of likely N-dealkylation sites (tertiary alicyclic amines) is 1. The highest BCUT2D eigenvalue weighted by Gasteiger charge is 2.37. The molecule has 2 rings (SSSR count). The molecule has 1 saturated heterocycles. The van der Waals surface area contributed by atoms with E-state index in [0.717, 1.165) is 0 Å². The van der Waals surface area contributed by atoms with Crippen molar-refractivity contribution >= 4 is 17.5 Å². The number of aromatic nitrogens is 2. The van der Waals surface area contributed by atoms with Gasteiger partial charge in [0, 0.05) is 32.6 Å². The van der Waals surface area contributed by atoms with Gasteiger partial charge in [-0.1, -0.05) is 0 Å². The van der Waals surface area contributed by atoms with E-state index in [0.29, 0.717) is 13.1 Å². The van der Waals surface area contributed by atoms with Gasteiger partial charge in [0.05, 0.1) is 12.1 Å². The van der Waals surface area contributed by atoms with Crippen molar-refractivity contribution in [2.45, 2.75) is 24.4 Å². The number of methoxy groups -OCH3 is 1. The number of rotatable bonds is 3. The first-order valence-electron chi connectivity index (χ1n) is 5.58. The Labute approximate surface area is 105 Å². The molecule has 94 valence electrons. The Morgan fingerprint density at radius 3 is 2.88 bits per heavy atom. The van der Waals surface area contributed by atoms with Crippen LogP contribution in [0.1, 0.15) is 13.0 Å². The number of amides is 1. The van der Waals surface area contributed by atoms with Gasteiger partial charge in [0.15, 0.2) is 0 Å². The first-order chi connectivity index (χ1) is 8.13. The second-order valence-electron chi connectivity index (χ2n) is 4.19. The SMILES string of the molecule is CO[C@@H]1CN(C(=O)[C@@H](C)Cl)C[C@H]1n1cccn1. The Bertz CT molecular complexity index is 380. The summed E-state index contributed by atoms with van der Waals surface area (Å²) in [6, 6.07) is 1.93. The molecule has 2 heterocycles. The van der Waals surface area contributed by atoms with E-state index in [1.165, 1.54) is 0 Å². The van der Waals surface area contributed by atoms with E-state index in [-0.39, 0.29) is 18.1 Å². The van der Waals surface area contributed by atoms with Crippen LogP contribution in [-0.4, -0.2) is 52.3 Å². The number of alkyl halides is 1. The highest BCUT2D eigenvalue weighted by Crippen LogP contribution is 2.24. The first-order valence-corrected chi connectivity index (χ1v) is 6.02. The minimum atomic E-state index is -0.496. The molecule has 0 bridgehead atoms. The molecule has 0 unspecified atom stereocenters. The van der Waals surface area contributed by atoms with Crippen molar-refractivity contribution < 1.29 is 9.53 Å². The summed E-state index contributed by atoms with van der Waals surface area (Å²) >= 11 is 5.82. The van der Waals surface area contributed by atoms with Crippen LogP contribution in [0.2, 0.25) is 0 Å². The second kappa shape index (κ2) is 5.06. The van der Waals surface area contributed by atoms with E-state index in [9.17, 15) is 4.79 Å². The van der Waals surface area contributed by atoms with Gasteiger partial charge >= 0.3 is 0 Å². The van der Waals surface area contributed by atoms with E-state index in [1.54, 1.807) is 25.1 Å². The van der Waals surface area contributed by atoms with Crippen molar-refractivity contribution in [2.75, 3.05) is 20.2 Å². The normalized spacial score (nSPS) is 26.2. The number of carbonyl (C=O) groups is 1. The number of nitrogens with zero attached hydrogens (tertiary/aromatic N) is 3. The number of halogens is 1. The van der Waals surface area contributed by atoms with Gasteiger partial charge in [0.1, 0.15) is 5.38 Å². The lowest BCUT2D eigenvalue weighted by Crippen LogP contribution is -2.34. The number of hydrogen-bond acceptors (Lipinski definition) is 3. The van der Waals surface area contributed by atoms with Gasteiger partial charge in [-0.05, 0) is 13.0 Å². The third-order valence-electron chi connectivity index (χ3n) is 3.06. The zero-order valence-corrected chi connectivity index (χ0v) is 10.7. The number of ether oxygens (including phenoxy) is 1. The molecule has 1 aromatic heterocycles. The Kier molecular flexibility index (Phi) is 3.69. The summed E-state index contributed by atoms with van der Waals surface area (Å²) in [5.74, 6) is -0.0524. The molecule has 3 atom stereocenters. The molecule has 0 spiro atoms. The number of hydrogen-bond donors (Lipinski definition) is 0. The Hall–Kier alpha value is -1.07. The summed E-state index contributed by atoms with van der Waals surface area (Å²) in [5.41, 5.74) is 0. The average Bonchev–Trinajstić information content (AvgIpc) is 2.95. The van der Waals surface area contributed by atoms with Gasteiger partial charge in [-0.3, -0.25) is 9.48 Å². The van der Waals surface area contributed by atoms with Crippen LogP contribution < -0.4 is 0 Å². The number of carbonyl (C=O) groups excluding carboxylic acids is 1. The molecule has 1 fully saturated rings. The third-order valence-corrected chi connectivity index (χ3v) is 3.24. The van der Waals surface area contributed by atoms with Gasteiger partial charge in [-0.2, -0.15) is 5.10 Å². The molecule has 1 aliphatic rings. The molecule has 1 amide bonds. The molecule has 0 N–H and O–H groups in total. The molecular formula is C11H16ClN3O2. The molecule has 6 heteroatoms. The Balaban J connectivity index is 2.11. The standard InChI is InChI=1S/C11H16ClN3O2/c1-8(12)11(16)14-6-9(10(7-14)17-2)15-5-3-4-13-15/h3-5,8-10H,6-7H2,1-2H3/t8-,9-,10-/m1/s1. The van der Waals surface area contributed by atoms with E-state index in [1.807, 2.05) is 16.9 Å². The van der Waals surface area contributed by atoms with E-state index >= 15 is 0 Å². The van der Waals surface area contributed by atoms with Crippen LogP contribution >= 0.6 is 11.6 Å². The lowest BCUT2D eigenvalue weighted by atomic mass is 10.2. The summed E-state index contributed by atoms with van der Waals surface area (Å²) in [7, 11) is 1.65. The maximum absolute atomic E-state index is 11.8. The lowest BCUT2D eigenvalue weighted by Gasteiger charge is -2.17. The van der Waals surface area contributed by atoms with Crippen LogP contribution in [0.5, 0.6) is 0 Å².